The third-order valence-corrected chi connectivity index (χ3v) is 4.62. The molecule has 1 rings (SSSR count). The van der Waals surface area contributed by atoms with E-state index in [1.165, 1.54) is 44.9 Å². The number of halogens is 5. The largest absolute Gasteiger partial charge is 0.420 e. The highest BCUT2D eigenvalue weighted by Crippen LogP contribution is 2.29. The van der Waals surface area contributed by atoms with Crippen molar-refractivity contribution < 1.29 is 31.5 Å². The number of ether oxygens (including phenoxy) is 1. The third kappa shape index (κ3) is 8.15. The summed E-state index contributed by atoms with van der Waals surface area (Å²) in [5.74, 6) is -13.4. The molecule has 1 aromatic carbocycles. The van der Waals surface area contributed by atoms with E-state index in [9.17, 15) is 26.7 Å². The Labute approximate surface area is 163 Å². The van der Waals surface area contributed by atoms with Crippen molar-refractivity contribution in [3.05, 3.63) is 29.1 Å². The molecule has 1 aromatic rings. The van der Waals surface area contributed by atoms with Gasteiger partial charge in [-0.1, -0.05) is 77.6 Å². The number of hydrogen-bond donors (Lipinski definition) is 0. The maximum absolute atomic E-state index is 13.4. The van der Waals surface area contributed by atoms with E-state index in [-0.39, 0.29) is 6.42 Å². The first-order chi connectivity index (χ1) is 13.4. The van der Waals surface area contributed by atoms with Gasteiger partial charge in [-0.3, -0.25) is 4.79 Å². The molecule has 0 atom stereocenters. The van der Waals surface area contributed by atoms with Crippen LogP contribution in [0.25, 0.3) is 0 Å². The Morgan fingerprint density at radius 2 is 0.964 bits per heavy atom. The molecule has 0 amide bonds. The lowest BCUT2D eigenvalue weighted by molar-refractivity contribution is -0.135. The molecule has 0 heterocycles. The summed E-state index contributed by atoms with van der Waals surface area (Å²) in [6, 6.07) is 0. The van der Waals surface area contributed by atoms with Crippen LogP contribution in [0.15, 0.2) is 0 Å². The van der Waals surface area contributed by atoms with E-state index >= 15 is 0 Å². The van der Waals surface area contributed by atoms with Gasteiger partial charge in [0.1, 0.15) is 0 Å². The minimum Gasteiger partial charge on any atom is -0.420 e. The quantitative estimate of drug-likeness (QED) is 0.0802. The number of esters is 1. The molecule has 0 unspecified atom stereocenters. The summed E-state index contributed by atoms with van der Waals surface area (Å²) >= 11 is 0. The van der Waals surface area contributed by atoms with Crippen LogP contribution in [-0.4, -0.2) is 5.97 Å². The maximum atomic E-state index is 13.4. The van der Waals surface area contributed by atoms with Gasteiger partial charge in [0.05, 0.1) is 0 Å². The highest BCUT2D eigenvalue weighted by Gasteiger charge is 2.28. The zero-order valence-corrected chi connectivity index (χ0v) is 16.4. The van der Waals surface area contributed by atoms with Gasteiger partial charge in [-0.2, -0.15) is 8.78 Å². The predicted molar refractivity (Wildman–Crippen MR) is 97.6 cm³/mol. The summed E-state index contributed by atoms with van der Waals surface area (Å²) in [6.07, 6.45) is 13.0. The van der Waals surface area contributed by atoms with E-state index in [1.54, 1.807) is 0 Å². The van der Waals surface area contributed by atoms with E-state index < -0.39 is 40.8 Å². The van der Waals surface area contributed by atoms with E-state index in [4.69, 9.17) is 0 Å². The Bertz CT molecular complexity index is 590. The highest BCUT2D eigenvalue weighted by molar-refractivity contribution is 5.72. The van der Waals surface area contributed by atoms with Crippen LogP contribution in [0.5, 0.6) is 5.75 Å². The van der Waals surface area contributed by atoms with E-state index in [1.807, 2.05) is 0 Å². The Balaban J connectivity index is 2.17. The predicted octanol–water partition coefficient (Wildman–Crippen LogP) is 7.38. The first-order valence-electron chi connectivity index (χ1n) is 10.1. The molecule has 0 N–H and O–H groups in total. The molecule has 0 saturated heterocycles. The average Bonchev–Trinajstić information content (AvgIpc) is 2.69. The zero-order chi connectivity index (χ0) is 20.9. The summed E-state index contributed by atoms with van der Waals surface area (Å²) in [5.41, 5.74) is 0. The van der Waals surface area contributed by atoms with Crippen LogP contribution >= 0.6 is 0 Å². The van der Waals surface area contributed by atoms with Gasteiger partial charge in [0, 0.05) is 6.42 Å². The molecule has 160 valence electrons. The number of carbonyl (C=O) groups is 1. The van der Waals surface area contributed by atoms with Crippen molar-refractivity contribution in [3.8, 4) is 5.75 Å². The van der Waals surface area contributed by atoms with E-state index in [2.05, 4.69) is 11.7 Å². The van der Waals surface area contributed by atoms with Crippen LogP contribution in [0.2, 0.25) is 0 Å². The van der Waals surface area contributed by atoms with Crippen LogP contribution in [0.4, 0.5) is 22.0 Å². The molecular weight excluding hydrogens is 379 g/mol. The van der Waals surface area contributed by atoms with Crippen molar-refractivity contribution in [1.29, 1.82) is 0 Å². The lowest BCUT2D eigenvalue weighted by atomic mass is 10.0. The lowest BCUT2D eigenvalue weighted by Gasteiger charge is -2.08. The van der Waals surface area contributed by atoms with Crippen molar-refractivity contribution in [3.63, 3.8) is 0 Å². The van der Waals surface area contributed by atoms with Gasteiger partial charge in [-0.15, -0.1) is 0 Å². The third-order valence-electron chi connectivity index (χ3n) is 4.62. The molecule has 0 bridgehead atoms. The Morgan fingerprint density at radius 3 is 1.39 bits per heavy atom. The van der Waals surface area contributed by atoms with Crippen molar-refractivity contribution in [1.82, 2.24) is 0 Å². The monoisotopic (exact) mass is 408 g/mol. The molecule has 28 heavy (non-hydrogen) atoms. The van der Waals surface area contributed by atoms with Crippen molar-refractivity contribution in [2.24, 2.45) is 0 Å². The smallest absolute Gasteiger partial charge is 0.311 e. The van der Waals surface area contributed by atoms with Crippen molar-refractivity contribution in [2.45, 2.75) is 90.4 Å². The Morgan fingerprint density at radius 1 is 0.607 bits per heavy atom. The molecule has 0 aliphatic carbocycles. The molecule has 0 aromatic heterocycles. The molecule has 2 nitrogen and oxygen atoms in total. The fourth-order valence-corrected chi connectivity index (χ4v) is 2.95. The molecule has 0 aliphatic rings. The van der Waals surface area contributed by atoms with E-state index in [0.717, 1.165) is 25.7 Å². The second-order valence-corrected chi connectivity index (χ2v) is 7.01. The number of carbonyl (C=O) groups excluding carboxylic acids is 1. The Hall–Kier alpha value is -1.66. The molecular formula is C21H29F5O2. The minimum atomic E-state index is -2.28. The molecule has 0 saturated carbocycles. The number of hydrogen-bond acceptors (Lipinski definition) is 2. The average molecular weight is 408 g/mol. The minimum absolute atomic E-state index is 0.142. The topological polar surface area (TPSA) is 26.3 Å². The maximum Gasteiger partial charge on any atom is 0.311 e. The molecule has 0 fully saturated rings. The summed E-state index contributed by atoms with van der Waals surface area (Å²) in [6.45, 7) is 2.19. The van der Waals surface area contributed by atoms with Crippen LogP contribution in [-0.2, 0) is 4.79 Å². The molecule has 0 aliphatic heterocycles. The van der Waals surface area contributed by atoms with Gasteiger partial charge in [0.15, 0.2) is 0 Å². The van der Waals surface area contributed by atoms with Crippen LogP contribution in [0.3, 0.4) is 0 Å². The van der Waals surface area contributed by atoms with Crippen molar-refractivity contribution in [2.75, 3.05) is 0 Å². The Kier molecular flexibility index (Phi) is 11.8. The number of rotatable bonds is 14. The van der Waals surface area contributed by atoms with Crippen LogP contribution in [0, 0.1) is 29.1 Å². The second-order valence-electron chi connectivity index (χ2n) is 7.01. The fraction of sp³-hybridized carbons (Fsp3) is 0.667. The van der Waals surface area contributed by atoms with E-state index in [0.29, 0.717) is 6.42 Å². The number of benzene rings is 1. The first-order valence-corrected chi connectivity index (χ1v) is 10.1. The highest BCUT2D eigenvalue weighted by atomic mass is 19.2. The van der Waals surface area contributed by atoms with Gasteiger partial charge in [-0.05, 0) is 6.42 Å². The zero-order valence-electron chi connectivity index (χ0n) is 16.4. The first kappa shape index (κ1) is 24.4. The van der Waals surface area contributed by atoms with Gasteiger partial charge >= 0.3 is 5.97 Å². The number of unbranched alkanes of at least 4 members (excludes halogenated alkanes) is 11. The fourth-order valence-electron chi connectivity index (χ4n) is 2.95. The summed E-state index contributed by atoms with van der Waals surface area (Å²) in [5, 5.41) is 0. The van der Waals surface area contributed by atoms with Crippen LogP contribution < -0.4 is 4.74 Å². The second kappa shape index (κ2) is 13.5. The van der Waals surface area contributed by atoms with Gasteiger partial charge in [-0.25, -0.2) is 13.2 Å². The summed E-state index contributed by atoms with van der Waals surface area (Å²) < 4.78 is 70.3. The van der Waals surface area contributed by atoms with Crippen LogP contribution in [0.1, 0.15) is 90.4 Å². The standard InChI is InChI=1S/C21H29F5O2/c1-2-3-4-5-6-7-8-9-10-11-12-13-14-15(27)28-21-19(25)17(23)16(22)18(24)20(21)26/h2-14H2,1H3. The summed E-state index contributed by atoms with van der Waals surface area (Å²) in [7, 11) is 0. The molecule has 0 radical (unpaired) electrons. The van der Waals surface area contributed by atoms with Crippen molar-refractivity contribution >= 4 is 5.97 Å². The van der Waals surface area contributed by atoms with Gasteiger partial charge in [0.25, 0.3) is 0 Å². The summed E-state index contributed by atoms with van der Waals surface area (Å²) in [4.78, 5) is 11.6. The normalized spacial score (nSPS) is 11.1. The lowest BCUT2D eigenvalue weighted by Crippen LogP contribution is -2.13. The molecule has 7 heteroatoms. The van der Waals surface area contributed by atoms with Gasteiger partial charge < -0.3 is 4.74 Å². The SMILES string of the molecule is CCCCCCCCCCCCCCC(=O)Oc1c(F)c(F)c(F)c(F)c1F. The molecule has 0 spiro atoms. The van der Waals surface area contributed by atoms with Gasteiger partial charge in [0.2, 0.25) is 34.8 Å².